The Hall–Kier alpha value is -1.02. The Morgan fingerprint density at radius 3 is 2.67 bits per heavy atom. The van der Waals surface area contributed by atoms with E-state index in [1.807, 2.05) is 12.1 Å². The molecule has 0 spiro atoms. The summed E-state index contributed by atoms with van der Waals surface area (Å²) in [6.07, 6.45) is 1.95. The van der Waals surface area contributed by atoms with Crippen LogP contribution in [0.15, 0.2) is 24.3 Å². The highest BCUT2D eigenvalue weighted by Crippen LogP contribution is 2.24. The number of hydrogen-bond acceptors (Lipinski definition) is 2. The maximum atomic E-state index is 9.43. The van der Waals surface area contributed by atoms with Crippen molar-refractivity contribution in [3.63, 3.8) is 0 Å². The van der Waals surface area contributed by atoms with Crippen molar-refractivity contribution < 1.29 is 5.11 Å². The fraction of sp³-hybridized carbons (Fsp3) is 0.400. The van der Waals surface area contributed by atoms with Crippen LogP contribution in [0.4, 0.5) is 0 Å². The SMILES string of the molecule is CCCC(N)c1ccccc1O. The zero-order valence-electron chi connectivity index (χ0n) is 7.33. The van der Waals surface area contributed by atoms with Crippen LogP contribution in [0.2, 0.25) is 0 Å². The molecule has 1 aromatic rings. The summed E-state index contributed by atoms with van der Waals surface area (Å²) in [4.78, 5) is 0. The van der Waals surface area contributed by atoms with Gasteiger partial charge in [-0.25, -0.2) is 0 Å². The third-order valence-corrected chi connectivity index (χ3v) is 1.94. The summed E-state index contributed by atoms with van der Waals surface area (Å²) >= 11 is 0. The molecule has 2 heteroatoms. The largest absolute Gasteiger partial charge is 0.508 e. The lowest BCUT2D eigenvalue weighted by atomic mass is 10.0. The van der Waals surface area contributed by atoms with E-state index in [1.54, 1.807) is 12.1 Å². The molecule has 0 saturated heterocycles. The highest BCUT2D eigenvalue weighted by Gasteiger charge is 2.07. The fourth-order valence-electron chi connectivity index (χ4n) is 1.27. The molecule has 0 aliphatic heterocycles. The molecule has 0 heterocycles. The predicted octanol–water partition coefficient (Wildman–Crippen LogP) is 2.19. The lowest BCUT2D eigenvalue weighted by Crippen LogP contribution is -2.09. The second kappa shape index (κ2) is 4.12. The van der Waals surface area contributed by atoms with Gasteiger partial charge in [0.25, 0.3) is 0 Å². The lowest BCUT2D eigenvalue weighted by Gasteiger charge is -2.11. The molecule has 0 aromatic heterocycles. The third-order valence-electron chi connectivity index (χ3n) is 1.94. The maximum absolute atomic E-state index is 9.43. The van der Waals surface area contributed by atoms with E-state index in [4.69, 9.17) is 5.73 Å². The van der Waals surface area contributed by atoms with Crippen molar-refractivity contribution in [2.75, 3.05) is 0 Å². The summed E-state index contributed by atoms with van der Waals surface area (Å²) in [5, 5.41) is 9.43. The average Bonchev–Trinajstić information content (AvgIpc) is 2.05. The van der Waals surface area contributed by atoms with Crippen LogP contribution in [0.25, 0.3) is 0 Å². The third kappa shape index (κ3) is 1.98. The standard InChI is InChI=1S/C10H15NO/c1-2-5-9(11)8-6-3-4-7-10(8)12/h3-4,6-7,9,12H,2,5,11H2,1H3. The minimum atomic E-state index is -0.0313. The van der Waals surface area contributed by atoms with Gasteiger partial charge in [0.05, 0.1) is 0 Å². The predicted molar refractivity (Wildman–Crippen MR) is 49.9 cm³/mol. The molecule has 3 N–H and O–H groups in total. The number of benzene rings is 1. The summed E-state index contributed by atoms with van der Waals surface area (Å²) in [7, 11) is 0. The molecule has 1 unspecified atom stereocenters. The molecule has 0 aliphatic carbocycles. The van der Waals surface area contributed by atoms with E-state index in [0.29, 0.717) is 5.75 Å². The first kappa shape index (κ1) is 9.07. The number of rotatable bonds is 3. The van der Waals surface area contributed by atoms with E-state index in [-0.39, 0.29) is 6.04 Å². The number of phenols is 1. The molecule has 1 aromatic carbocycles. The van der Waals surface area contributed by atoms with Crippen LogP contribution in [-0.4, -0.2) is 5.11 Å². The Kier molecular flexibility index (Phi) is 3.11. The Morgan fingerprint density at radius 2 is 2.08 bits per heavy atom. The van der Waals surface area contributed by atoms with Gasteiger partial charge in [0.15, 0.2) is 0 Å². The van der Waals surface area contributed by atoms with Crippen molar-refractivity contribution in [3.05, 3.63) is 29.8 Å². The first-order valence-corrected chi connectivity index (χ1v) is 4.29. The molecule has 1 rings (SSSR count). The molecule has 0 radical (unpaired) electrons. The number of nitrogens with two attached hydrogens (primary N) is 1. The van der Waals surface area contributed by atoms with Crippen LogP contribution in [0.5, 0.6) is 5.75 Å². The molecule has 0 fully saturated rings. The Morgan fingerprint density at radius 1 is 1.42 bits per heavy atom. The van der Waals surface area contributed by atoms with Crippen molar-refractivity contribution in [1.82, 2.24) is 0 Å². The van der Waals surface area contributed by atoms with Gasteiger partial charge in [-0.3, -0.25) is 0 Å². The second-order valence-corrected chi connectivity index (χ2v) is 2.95. The highest BCUT2D eigenvalue weighted by atomic mass is 16.3. The van der Waals surface area contributed by atoms with Gasteiger partial charge in [-0.1, -0.05) is 31.5 Å². The van der Waals surface area contributed by atoms with E-state index in [9.17, 15) is 5.11 Å². The van der Waals surface area contributed by atoms with Gasteiger partial charge in [-0.15, -0.1) is 0 Å². The van der Waals surface area contributed by atoms with E-state index < -0.39 is 0 Å². The smallest absolute Gasteiger partial charge is 0.120 e. The average molecular weight is 165 g/mol. The fourth-order valence-corrected chi connectivity index (χ4v) is 1.27. The van der Waals surface area contributed by atoms with Crippen LogP contribution in [0.1, 0.15) is 31.4 Å². The zero-order valence-corrected chi connectivity index (χ0v) is 7.33. The Labute approximate surface area is 73.0 Å². The molecule has 66 valence electrons. The molecule has 0 bridgehead atoms. The van der Waals surface area contributed by atoms with Gasteiger partial charge in [-0.2, -0.15) is 0 Å². The molecular weight excluding hydrogens is 150 g/mol. The maximum Gasteiger partial charge on any atom is 0.120 e. The van der Waals surface area contributed by atoms with Crippen LogP contribution in [0, 0.1) is 0 Å². The first-order chi connectivity index (χ1) is 5.75. The Bertz CT molecular complexity index is 247. The number of para-hydroxylation sites is 1. The quantitative estimate of drug-likeness (QED) is 0.721. The van der Waals surface area contributed by atoms with Gasteiger partial charge in [-0.05, 0) is 12.5 Å². The van der Waals surface area contributed by atoms with Crippen molar-refractivity contribution in [2.45, 2.75) is 25.8 Å². The van der Waals surface area contributed by atoms with Crippen molar-refractivity contribution in [1.29, 1.82) is 0 Å². The van der Waals surface area contributed by atoms with E-state index >= 15 is 0 Å². The summed E-state index contributed by atoms with van der Waals surface area (Å²) < 4.78 is 0. The number of aromatic hydroxyl groups is 1. The zero-order chi connectivity index (χ0) is 8.97. The van der Waals surface area contributed by atoms with Gasteiger partial charge in [0.2, 0.25) is 0 Å². The lowest BCUT2D eigenvalue weighted by molar-refractivity contribution is 0.458. The summed E-state index contributed by atoms with van der Waals surface area (Å²) in [6, 6.07) is 7.21. The molecular formula is C10H15NO. The topological polar surface area (TPSA) is 46.2 Å². The van der Waals surface area contributed by atoms with E-state index in [1.165, 1.54) is 0 Å². The van der Waals surface area contributed by atoms with Crippen molar-refractivity contribution in [3.8, 4) is 5.75 Å². The van der Waals surface area contributed by atoms with Gasteiger partial charge < -0.3 is 10.8 Å². The normalized spacial score (nSPS) is 12.8. The Balaban J connectivity index is 2.79. The highest BCUT2D eigenvalue weighted by molar-refractivity contribution is 5.34. The van der Waals surface area contributed by atoms with Crippen LogP contribution >= 0.6 is 0 Å². The van der Waals surface area contributed by atoms with Gasteiger partial charge in [0.1, 0.15) is 5.75 Å². The molecule has 12 heavy (non-hydrogen) atoms. The van der Waals surface area contributed by atoms with E-state index in [2.05, 4.69) is 6.92 Å². The summed E-state index contributed by atoms with van der Waals surface area (Å²) in [5.74, 6) is 0.304. The van der Waals surface area contributed by atoms with E-state index in [0.717, 1.165) is 18.4 Å². The second-order valence-electron chi connectivity index (χ2n) is 2.95. The summed E-state index contributed by atoms with van der Waals surface area (Å²) in [5.41, 5.74) is 6.69. The molecule has 1 atom stereocenters. The number of phenolic OH excluding ortho intramolecular Hbond substituents is 1. The van der Waals surface area contributed by atoms with Crippen LogP contribution in [-0.2, 0) is 0 Å². The number of hydrogen-bond donors (Lipinski definition) is 2. The molecule has 0 saturated carbocycles. The van der Waals surface area contributed by atoms with Crippen LogP contribution in [0.3, 0.4) is 0 Å². The molecule has 2 nitrogen and oxygen atoms in total. The van der Waals surface area contributed by atoms with Crippen molar-refractivity contribution >= 4 is 0 Å². The summed E-state index contributed by atoms with van der Waals surface area (Å²) in [6.45, 7) is 2.08. The minimum absolute atomic E-state index is 0.0313. The van der Waals surface area contributed by atoms with Gasteiger partial charge >= 0.3 is 0 Å². The molecule has 0 amide bonds. The minimum Gasteiger partial charge on any atom is -0.508 e. The monoisotopic (exact) mass is 165 g/mol. The van der Waals surface area contributed by atoms with Crippen LogP contribution < -0.4 is 5.73 Å². The van der Waals surface area contributed by atoms with Gasteiger partial charge in [0, 0.05) is 11.6 Å². The molecule has 0 aliphatic rings. The first-order valence-electron chi connectivity index (χ1n) is 4.29. The van der Waals surface area contributed by atoms with Crippen molar-refractivity contribution in [2.24, 2.45) is 5.73 Å².